The van der Waals surface area contributed by atoms with Gasteiger partial charge in [0.1, 0.15) is 18.3 Å². The number of aliphatic hydroxyl groups excluding tert-OH is 1. The molecular weight excluding hydrogens is 476 g/mol. The molecule has 0 bridgehead atoms. The van der Waals surface area contributed by atoms with Crippen LogP contribution in [0, 0.1) is 11.8 Å². The number of benzene rings is 1. The maximum Gasteiger partial charge on any atom is 0.339 e. The van der Waals surface area contributed by atoms with E-state index in [4.69, 9.17) is 19.3 Å². The van der Waals surface area contributed by atoms with E-state index in [0.717, 1.165) is 25.7 Å². The van der Waals surface area contributed by atoms with Crippen molar-refractivity contribution in [3.63, 3.8) is 0 Å². The number of ether oxygens (including phenoxy) is 3. The quantitative estimate of drug-likeness (QED) is 0.386. The van der Waals surface area contributed by atoms with Crippen molar-refractivity contribution >= 4 is 23.9 Å². The maximum absolute atomic E-state index is 13.4. The van der Waals surface area contributed by atoms with Crippen LogP contribution in [0.25, 0.3) is 6.08 Å². The molecule has 4 aliphatic rings. The molecule has 198 valence electrons. The number of fused-ring (bicyclic) bond motifs is 1. The van der Waals surface area contributed by atoms with Gasteiger partial charge in [0.25, 0.3) is 0 Å². The predicted molar refractivity (Wildman–Crippen MR) is 134 cm³/mol. The summed E-state index contributed by atoms with van der Waals surface area (Å²) in [5.41, 5.74) is 1.32. The van der Waals surface area contributed by atoms with Crippen molar-refractivity contribution in [1.82, 2.24) is 10.2 Å². The van der Waals surface area contributed by atoms with E-state index in [1.54, 1.807) is 50.5 Å². The zero-order chi connectivity index (χ0) is 26.2. The predicted octanol–water partition coefficient (Wildman–Crippen LogP) is 2.05. The smallest absolute Gasteiger partial charge is 0.339 e. The summed E-state index contributed by atoms with van der Waals surface area (Å²) in [6, 6.07) is 6.91. The van der Waals surface area contributed by atoms with Gasteiger partial charge in [-0.3, -0.25) is 9.59 Å². The summed E-state index contributed by atoms with van der Waals surface area (Å²) in [5, 5.41) is 11.8. The van der Waals surface area contributed by atoms with Gasteiger partial charge in [0.2, 0.25) is 11.8 Å². The molecule has 2 amide bonds. The number of hydrogen-bond donors (Lipinski definition) is 2. The van der Waals surface area contributed by atoms with Crippen LogP contribution in [-0.2, 0) is 23.8 Å². The Bertz CT molecular complexity index is 1110. The highest BCUT2D eigenvalue weighted by Gasteiger charge is 2.64. The van der Waals surface area contributed by atoms with Gasteiger partial charge in [0.15, 0.2) is 5.79 Å². The molecule has 3 fully saturated rings. The minimum Gasteiger partial charge on any atom is -0.456 e. The Balaban J connectivity index is 1.39. The van der Waals surface area contributed by atoms with E-state index in [9.17, 15) is 14.4 Å². The monoisotopic (exact) mass is 510 g/mol. The first-order chi connectivity index (χ1) is 17.8. The summed E-state index contributed by atoms with van der Waals surface area (Å²) < 4.78 is 19.2. The first-order valence-corrected chi connectivity index (χ1v) is 13.0. The van der Waals surface area contributed by atoms with Crippen molar-refractivity contribution in [2.24, 2.45) is 11.8 Å². The Hall–Kier alpha value is -3.01. The van der Waals surface area contributed by atoms with E-state index in [2.05, 4.69) is 5.32 Å². The van der Waals surface area contributed by atoms with Crippen molar-refractivity contribution in [2.75, 3.05) is 27.2 Å². The second-order valence-electron chi connectivity index (χ2n) is 10.4. The van der Waals surface area contributed by atoms with Gasteiger partial charge in [0.05, 0.1) is 12.2 Å². The fourth-order valence-corrected chi connectivity index (χ4v) is 5.19. The Morgan fingerprint density at radius 2 is 1.84 bits per heavy atom. The van der Waals surface area contributed by atoms with Gasteiger partial charge < -0.3 is 29.5 Å². The lowest BCUT2D eigenvalue weighted by molar-refractivity contribution is -0.209. The fraction of sp³-hybridized carbons (Fsp3) is 0.536. The van der Waals surface area contributed by atoms with Gasteiger partial charge in [-0.2, -0.15) is 0 Å². The van der Waals surface area contributed by atoms with Crippen LogP contribution >= 0.6 is 0 Å². The number of aliphatic hydroxyl groups is 1. The molecule has 0 aromatic heterocycles. The van der Waals surface area contributed by atoms with Crippen LogP contribution in [0.1, 0.15) is 48.0 Å². The number of nitrogens with one attached hydrogen (secondary N) is 1. The zero-order valence-corrected chi connectivity index (χ0v) is 21.2. The number of carbonyl (C=O) groups excluding carboxylic acids is 3. The molecule has 1 aromatic rings. The normalized spacial score (nSPS) is 26.4. The van der Waals surface area contributed by atoms with E-state index >= 15 is 0 Å². The molecule has 3 atom stereocenters. The van der Waals surface area contributed by atoms with Crippen LogP contribution in [0.2, 0.25) is 0 Å². The zero-order valence-electron chi connectivity index (χ0n) is 21.2. The average Bonchev–Trinajstić information content (AvgIpc) is 3.82. The summed E-state index contributed by atoms with van der Waals surface area (Å²) in [6.45, 7) is -0.0399. The molecule has 9 nitrogen and oxygen atoms in total. The van der Waals surface area contributed by atoms with E-state index in [1.165, 1.54) is 11.0 Å². The molecule has 1 saturated heterocycles. The summed E-state index contributed by atoms with van der Waals surface area (Å²) in [6.07, 6.45) is 7.38. The molecule has 2 N–H and O–H groups in total. The van der Waals surface area contributed by atoms with Crippen molar-refractivity contribution < 1.29 is 33.7 Å². The Kier molecular flexibility index (Phi) is 7.20. The lowest BCUT2D eigenvalue weighted by atomic mass is 9.91. The molecule has 37 heavy (non-hydrogen) atoms. The second-order valence-corrected chi connectivity index (χ2v) is 10.4. The van der Waals surface area contributed by atoms with E-state index in [-0.39, 0.29) is 31.4 Å². The van der Waals surface area contributed by atoms with Crippen molar-refractivity contribution in [2.45, 2.75) is 56.2 Å². The van der Waals surface area contributed by atoms with Gasteiger partial charge in [-0.05, 0) is 49.5 Å². The van der Waals surface area contributed by atoms with Gasteiger partial charge in [-0.25, -0.2) is 4.79 Å². The lowest BCUT2D eigenvalue weighted by Gasteiger charge is -2.31. The maximum atomic E-state index is 13.4. The first-order valence-electron chi connectivity index (χ1n) is 13.0. The van der Waals surface area contributed by atoms with E-state index in [1.807, 2.05) is 0 Å². The number of esters is 1. The van der Waals surface area contributed by atoms with Gasteiger partial charge in [0, 0.05) is 50.5 Å². The van der Waals surface area contributed by atoms with Gasteiger partial charge >= 0.3 is 5.97 Å². The molecule has 1 aliphatic heterocycles. The SMILES string of the molecule is CN(C)C(=O)C=Cc1ccccc1C(=O)O[C@@H]1CC(C(=O)NCCO)=C[C@H]2OC(C3CC3)(C3CC3)O[C@H]21. The number of nitrogens with zero attached hydrogens (tertiary/aromatic N) is 1. The van der Waals surface area contributed by atoms with Crippen LogP contribution in [0.15, 0.2) is 42.0 Å². The van der Waals surface area contributed by atoms with Crippen LogP contribution in [0.4, 0.5) is 0 Å². The van der Waals surface area contributed by atoms with Gasteiger partial charge in [-0.15, -0.1) is 0 Å². The molecule has 1 aromatic carbocycles. The third kappa shape index (κ3) is 5.35. The van der Waals surface area contributed by atoms with Crippen LogP contribution in [0.3, 0.4) is 0 Å². The minimum atomic E-state index is -0.725. The number of likely N-dealkylation sites (N-methyl/N-ethyl adjacent to an activating group) is 1. The lowest BCUT2D eigenvalue weighted by Crippen LogP contribution is -2.44. The summed E-state index contributed by atoms with van der Waals surface area (Å²) in [5.74, 6) is -1.12. The van der Waals surface area contributed by atoms with Gasteiger partial charge in [-0.1, -0.05) is 18.2 Å². The summed E-state index contributed by atoms with van der Waals surface area (Å²) >= 11 is 0. The largest absolute Gasteiger partial charge is 0.456 e. The standard InChI is InChI=1S/C28H34N2O7/c1-30(2)24(32)12-7-17-5-3-4-6-21(17)27(34)35-22-15-18(26(33)29-13-14-31)16-23-25(22)37-28(36-23,19-8-9-19)20-10-11-20/h3-7,12,16,19-20,22-23,25,31H,8-11,13-15H2,1-2H3,(H,29,33)/t22-,23-,25+/m1/s1. The highest BCUT2D eigenvalue weighted by atomic mass is 16.8. The van der Waals surface area contributed by atoms with E-state index < -0.39 is 30.1 Å². The molecule has 2 saturated carbocycles. The molecule has 0 unspecified atom stereocenters. The summed E-state index contributed by atoms with van der Waals surface area (Å²) in [7, 11) is 3.31. The highest BCUT2D eigenvalue weighted by molar-refractivity contribution is 5.97. The number of amides is 2. The summed E-state index contributed by atoms with van der Waals surface area (Å²) in [4.78, 5) is 39.7. The van der Waals surface area contributed by atoms with Crippen molar-refractivity contribution in [3.8, 4) is 0 Å². The minimum absolute atomic E-state index is 0.131. The Morgan fingerprint density at radius 3 is 2.49 bits per heavy atom. The van der Waals surface area contributed by atoms with E-state index in [0.29, 0.717) is 28.5 Å². The second kappa shape index (κ2) is 10.4. The molecule has 9 heteroatoms. The van der Waals surface area contributed by atoms with Crippen LogP contribution < -0.4 is 5.32 Å². The number of rotatable bonds is 9. The average molecular weight is 511 g/mol. The third-order valence-electron chi connectivity index (χ3n) is 7.38. The third-order valence-corrected chi connectivity index (χ3v) is 7.38. The van der Waals surface area contributed by atoms with Crippen molar-refractivity contribution in [1.29, 1.82) is 0 Å². The number of hydrogen-bond acceptors (Lipinski definition) is 7. The number of carbonyl (C=O) groups is 3. The topological polar surface area (TPSA) is 114 Å². The highest BCUT2D eigenvalue weighted by Crippen LogP contribution is 2.59. The first kappa shape index (κ1) is 25.6. The van der Waals surface area contributed by atoms with Crippen LogP contribution in [-0.4, -0.2) is 79.1 Å². The molecule has 0 spiro atoms. The fourth-order valence-electron chi connectivity index (χ4n) is 5.19. The Morgan fingerprint density at radius 1 is 1.14 bits per heavy atom. The molecule has 5 rings (SSSR count). The molecule has 1 heterocycles. The molecule has 3 aliphatic carbocycles. The van der Waals surface area contributed by atoms with Crippen LogP contribution in [0.5, 0.6) is 0 Å². The molecular formula is C28H34N2O7. The van der Waals surface area contributed by atoms with Crippen molar-refractivity contribution in [3.05, 3.63) is 53.1 Å². The Labute approximate surface area is 216 Å². The molecule has 0 radical (unpaired) electrons.